The van der Waals surface area contributed by atoms with E-state index in [1.165, 1.54) is 37.7 Å². The van der Waals surface area contributed by atoms with Crippen LogP contribution >= 0.6 is 0 Å². The maximum Gasteiger partial charge on any atom is 0.141 e. The van der Waals surface area contributed by atoms with Crippen molar-refractivity contribution in [2.24, 2.45) is 11.7 Å². The normalized spacial score (nSPS) is 22.9. The molecule has 110 valence electrons. The number of nitrogen functional groups attached to an aromatic ring is 1. The van der Waals surface area contributed by atoms with Gasteiger partial charge in [-0.2, -0.15) is 0 Å². The maximum absolute atomic E-state index is 7.46. The second-order valence-electron chi connectivity index (χ2n) is 5.96. The lowest BCUT2D eigenvalue weighted by molar-refractivity contribution is 0.157. The average Bonchev–Trinajstić information content (AvgIpc) is 2.47. The number of rotatable bonds is 5. The van der Waals surface area contributed by atoms with Gasteiger partial charge in [-0.3, -0.25) is 15.3 Å². The van der Waals surface area contributed by atoms with E-state index >= 15 is 0 Å². The molecule has 0 unspecified atom stereocenters. The van der Waals surface area contributed by atoms with Crippen LogP contribution in [0.5, 0.6) is 0 Å². The fourth-order valence-corrected chi connectivity index (χ4v) is 3.13. The summed E-state index contributed by atoms with van der Waals surface area (Å²) in [6.07, 6.45) is 8.40. The molecule has 1 fully saturated rings. The summed E-state index contributed by atoms with van der Waals surface area (Å²) in [5.41, 5.74) is 7.25. The number of pyridine rings is 1. The van der Waals surface area contributed by atoms with Crippen LogP contribution in [-0.2, 0) is 6.54 Å². The molecule has 0 aromatic carbocycles. The van der Waals surface area contributed by atoms with Crippen LogP contribution < -0.4 is 5.73 Å². The van der Waals surface area contributed by atoms with Gasteiger partial charge in [-0.1, -0.05) is 13.3 Å². The minimum absolute atomic E-state index is 0.0398. The van der Waals surface area contributed by atoms with Crippen LogP contribution in [0.2, 0.25) is 0 Å². The summed E-state index contributed by atoms with van der Waals surface area (Å²) in [7, 11) is 2.20. The second-order valence-corrected chi connectivity index (χ2v) is 5.96. The highest BCUT2D eigenvalue weighted by Gasteiger charge is 2.23. The number of amidine groups is 1. The summed E-state index contributed by atoms with van der Waals surface area (Å²) in [4.78, 5) is 6.55. The van der Waals surface area contributed by atoms with Crippen molar-refractivity contribution in [3.8, 4) is 0 Å². The molecule has 1 aliphatic rings. The zero-order valence-electron chi connectivity index (χ0n) is 12.6. The van der Waals surface area contributed by atoms with E-state index in [0.717, 1.165) is 12.5 Å². The van der Waals surface area contributed by atoms with Gasteiger partial charge >= 0.3 is 0 Å². The minimum Gasteiger partial charge on any atom is -0.382 e. The van der Waals surface area contributed by atoms with Crippen LogP contribution in [0.15, 0.2) is 18.3 Å². The van der Waals surface area contributed by atoms with E-state index in [1.54, 1.807) is 6.20 Å². The largest absolute Gasteiger partial charge is 0.382 e. The summed E-state index contributed by atoms with van der Waals surface area (Å²) in [5.74, 6) is 0.975. The molecule has 1 aromatic rings. The molecule has 1 heterocycles. The van der Waals surface area contributed by atoms with Gasteiger partial charge in [0.05, 0.1) is 0 Å². The Hall–Kier alpha value is -1.42. The number of nitrogens with zero attached hydrogens (tertiary/aromatic N) is 2. The first-order chi connectivity index (χ1) is 9.60. The SMILES string of the molecule is CCC1CCC(N(C)Cc2ccnc(C(=N)N)c2)CC1. The number of hydrogen-bond acceptors (Lipinski definition) is 3. The van der Waals surface area contributed by atoms with Crippen LogP contribution in [0.1, 0.15) is 50.3 Å². The molecular formula is C16H26N4. The molecule has 4 nitrogen and oxygen atoms in total. The van der Waals surface area contributed by atoms with Crippen molar-refractivity contribution in [1.29, 1.82) is 5.41 Å². The molecule has 0 saturated heterocycles. The van der Waals surface area contributed by atoms with E-state index in [-0.39, 0.29) is 5.84 Å². The van der Waals surface area contributed by atoms with Crippen LogP contribution in [0.25, 0.3) is 0 Å². The predicted molar refractivity (Wildman–Crippen MR) is 82.8 cm³/mol. The molecule has 1 saturated carbocycles. The van der Waals surface area contributed by atoms with Gasteiger partial charge in [0.1, 0.15) is 11.5 Å². The summed E-state index contributed by atoms with van der Waals surface area (Å²) in [6, 6.07) is 4.63. The Kier molecular flexibility index (Phi) is 5.12. The highest BCUT2D eigenvalue weighted by Crippen LogP contribution is 2.29. The molecule has 0 radical (unpaired) electrons. The number of hydrogen-bond donors (Lipinski definition) is 2. The zero-order valence-corrected chi connectivity index (χ0v) is 12.6. The quantitative estimate of drug-likeness (QED) is 0.641. The van der Waals surface area contributed by atoms with Crippen LogP contribution in [0, 0.1) is 11.3 Å². The third kappa shape index (κ3) is 3.79. The molecule has 0 atom stereocenters. The van der Waals surface area contributed by atoms with Gasteiger partial charge in [0.15, 0.2) is 0 Å². The Morgan fingerprint density at radius 1 is 1.40 bits per heavy atom. The molecule has 0 spiro atoms. The van der Waals surface area contributed by atoms with E-state index in [2.05, 4.69) is 23.9 Å². The lowest BCUT2D eigenvalue weighted by atomic mass is 9.84. The number of nitrogens with two attached hydrogens (primary N) is 1. The summed E-state index contributed by atoms with van der Waals surface area (Å²) >= 11 is 0. The maximum atomic E-state index is 7.46. The van der Waals surface area contributed by atoms with Crippen molar-refractivity contribution in [1.82, 2.24) is 9.88 Å². The van der Waals surface area contributed by atoms with Crippen LogP contribution in [-0.4, -0.2) is 28.8 Å². The minimum atomic E-state index is 0.0398. The van der Waals surface area contributed by atoms with Crippen molar-refractivity contribution in [3.63, 3.8) is 0 Å². The Balaban J connectivity index is 1.93. The molecule has 2 rings (SSSR count). The van der Waals surface area contributed by atoms with E-state index in [0.29, 0.717) is 11.7 Å². The van der Waals surface area contributed by atoms with Crippen LogP contribution in [0.4, 0.5) is 0 Å². The third-order valence-electron chi connectivity index (χ3n) is 4.55. The molecule has 0 aliphatic heterocycles. The Bertz CT molecular complexity index is 450. The van der Waals surface area contributed by atoms with Crippen molar-refractivity contribution < 1.29 is 0 Å². The summed E-state index contributed by atoms with van der Waals surface area (Å²) in [5, 5.41) is 7.46. The number of aromatic nitrogens is 1. The highest BCUT2D eigenvalue weighted by molar-refractivity contribution is 5.93. The molecular weight excluding hydrogens is 248 g/mol. The van der Waals surface area contributed by atoms with Crippen molar-refractivity contribution in [2.45, 2.75) is 51.6 Å². The standard InChI is InChI=1S/C16H26N4/c1-3-12-4-6-14(7-5-12)20(2)11-13-8-9-19-15(10-13)16(17)18/h8-10,12,14H,3-7,11H2,1-2H3,(H3,17,18). The first kappa shape index (κ1) is 15.0. The molecule has 3 N–H and O–H groups in total. The van der Waals surface area contributed by atoms with Gasteiger partial charge in [-0.25, -0.2) is 0 Å². The van der Waals surface area contributed by atoms with E-state index in [4.69, 9.17) is 11.1 Å². The predicted octanol–water partition coefficient (Wildman–Crippen LogP) is 2.77. The van der Waals surface area contributed by atoms with Crippen molar-refractivity contribution in [3.05, 3.63) is 29.6 Å². The van der Waals surface area contributed by atoms with Gasteiger partial charge in [-0.05, 0) is 56.3 Å². The first-order valence-electron chi connectivity index (χ1n) is 7.59. The van der Waals surface area contributed by atoms with Crippen molar-refractivity contribution >= 4 is 5.84 Å². The molecule has 1 aromatic heterocycles. The summed E-state index contributed by atoms with van der Waals surface area (Å²) < 4.78 is 0. The van der Waals surface area contributed by atoms with Gasteiger partial charge in [0.25, 0.3) is 0 Å². The molecule has 4 heteroatoms. The molecule has 1 aliphatic carbocycles. The van der Waals surface area contributed by atoms with Gasteiger partial charge in [-0.15, -0.1) is 0 Å². The molecule has 20 heavy (non-hydrogen) atoms. The first-order valence-corrected chi connectivity index (χ1v) is 7.59. The Morgan fingerprint density at radius 2 is 2.10 bits per heavy atom. The van der Waals surface area contributed by atoms with E-state index < -0.39 is 0 Å². The third-order valence-corrected chi connectivity index (χ3v) is 4.55. The lowest BCUT2D eigenvalue weighted by Crippen LogP contribution is -2.34. The zero-order chi connectivity index (χ0) is 14.5. The Morgan fingerprint density at radius 3 is 2.70 bits per heavy atom. The van der Waals surface area contributed by atoms with Gasteiger partial charge < -0.3 is 5.73 Å². The second kappa shape index (κ2) is 6.84. The average molecular weight is 274 g/mol. The van der Waals surface area contributed by atoms with Gasteiger partial charge in [0.2, 0.25) is 0 Å². The summed E-state index contributed by atoms with van der Waals surface area (Å²) in [6.45, 7) is 3.21. The van der Waals surface area contributed by atoms with E-state index in [9.17, 15) is 0 Å². The van der Waals surface area contributed by atoms with Gasteiger partial charge in [0, 0.05) is 18.8 Å². The lowest BCUT2D eigenvalue weighted by Gasteiger charge is -2.34. The Labute approximate surface area is 121 Å². The fourth-order valence-electron chi connectivity index (χ4n) is 3.13. The monoisotopic (exact) mass is 274 g/mol. The van der Waals surface area contributed by atoms with E-state index in [1.807, 2.05) is 12.1 Å². The fraction of sp³-hybridized carbons (Fsp3) is 0.625. The van der Waals surface area contributed by atoms with Crippen molar-refractivity contribution in [2.75, 3.05) is 7.05 Å². The number of nitrogens with one attached hydrogen (secondary N) is 1. The molecule has 0 bridgehead atoms. The molecule has 0 amide bonds. The highest BCUT2D eigenvalue weighted by atomic mass is 15.1. The van der Waals surface area contributed by atoms with Crippen LogP contribution in [0.3, 0.4) is 0 Å². The topological polar surface area (TPSA) is 66.0 Å². The smallest absolute Gasteiger partial charge is 0.141 e.